The number of nitrogens with one attached hydrogen (secondary N) is 1. The van der Waals surface area contributed by atoms with Crippen LogP contribution in [0.4, 0.5) is 17.6 Å². The summed E-state index contributed by atoms with van der Waals surface area (Å²) >= 11 is 0. The Bertz CT molecular complexity index is 1000. The molecule has 11 heteroatoms. The van der Waals surface area contributed by atoms with Gasteiger partial charge in [0.15, 0.2) is 5.75 Å². The first-order valence-electron chi connectivity index (χ1n) is 10.1. The molecule has 176 valence electrons. The molecular formula is C21H25F4N3O3S. The van der Waals surface area contributed by atoms with E-state index in [0.29, 0.717) is 17.7 Å². The van der Waals surface area contributed by atoms with Crippen molar-refractivity contribution in [3.8, 4) is 17.0 Å². The summed E-state index contributed by atoms with van der Waals surface area (Å²) in [6.45, 7) is 2.42. The van der Waals surface area contributed by atoms with Gasteiger partial charge in [-0.3, -0.25) is 0 Å². The van der Waals surface area contributed by atoms with Gasteiger partial charge in [0.2, 0.25) is 5.60 Å². The number of ether oxygens (including phenoxy) is 1. The Morgan fingerprint density at radius 3 is 2.53 bits per heavy atom. The molecule has 1 aliphatic rings. The molecule has 3 atom stereocenters. The van der Waals surface area contributed by atoms with Gasteiger partial charge in [-0.05, 0) is 43.7 Å². The van der Waals surface area contributed by atoms with E-state index < -0.39 is 46.4 Å². The lowest BCUT2D eigenvalue weighted by Gasteiger charge is -2.30. The van der Waals surface area contributed by atoms with Crippen LogP contribution in [0.2, 0.25) is 0 Å². The number of unbranched alkanes of at least 4 members (excludes halogenated alkanes) is 1. The van der Waals surface area contributed by atoms with E-state index in [4.69, 9.17) is 10.5 Å². The van der Waals surface area contributed by atoms with E-state index in [1.165, 1.54) is 12.1 Å². The number of nitrogens with zero attached hydrogens (tertiary/aromatic N) is 1. The summed E-state index contributed by atoms with van der Waals surface area (Å²) in [5.41, 5.74) is 0.629. The van der Waals surface area contributed by atoms with Crippen LogP contribution in [-0.2, 0) is 22.1 Å². The molecule has 1 aromatic carbocycles. The molecule has 1 aromatic heterocycles. The fourth-order valence-corrected chi connectivity index (χ4v) is 4.75. The van der Waals surface area contributed by atoms with Crippen molar-refractivity contribution in [3.05, 3.63) is 47.4 Å². The lowest BCUT2D eigenvalue weighted by molar-refractivity contribution is -0.263. The van der Waals surface area contributed by atoms with Gasteiger partial charge in [0.05, 0.1) is 22.2 Å². The summed E-state index contributed by atoms with van der Waals surface area (Å²) in [5, 5.41) is 10.4. The van der Waals surface area contributed by atoms with E-state index in [9.17, 15) is 26.9 Å². The first-order chi connectivity index (χ1) is 14.9. The molecule has 0 aliphatic carbocycles. The number of fused-ring (bicyclic) bond motifs is 1. The van der Waals surface area contributed by atoms with E-state index in [-0.39, 0.29) is 23.6 Å². The van der Waals surface area contributed by atoms with E-state index >= 15 is 0 Å². The third-order valence-electron chi connectivity index (χ3n) is 5.40. The fraction of sp³-hybridized carbons (Fsp3) is 0.476. The van der Waals surface area contributed by atoms with Gasteiger partial charge < -0.3 is 15.6 Å². The number of aliphatic hydroxyl groups is 1. The zero-order valence-electron chi connectivity index (χ0n) is 17.6. The van der Waals surface area contributed by atoms with Gasteiger partial charge in [-0.25, -0.2) is 18.3 Å². The number of nitrogens with two attached hydrogens (primary N) is 1. The van der Waals surface area contributed by atoms with Crippen LogP contribution in [0.25, 0.3) is 11.3 Å². The number of halogens is 4. The van der Waals surface area contributed by atoms with Crippen LogP contribution in [0.5, 0.6) is 5.75 Å². The molecule has 2 aromatic rings. The molecule has 0 spiro atoms. The molecule has 32 heavy (non-hydrogen) atoms. The number of benzene rings is 1. The van der Waals surface area contributed by atoms with E-state index in [1.807, 2.05) is 6.92 Å². The van der Waals surface area contributed by atoms with Crippen LogP contribution < -0.4 is 15.2 Å². The highest BCUT2D eigenvalue weighted by Gasteiger charge is 2.56. The summed E-state index contributed by atoms with van der Waals surface area (Å²) in [4.78, 5) is 4.05. The molecule has 2 heterocycles. The average Bonchev–Trinajstić information content (AvgIpc) is 3.07. The Morgan fingerprint density at radius 1 is 1.31 bits per heavy atom. The first kappa shape index (κ1) is 24.6. The van der Waals surface area contributed by atoms with Crippen molar-refractivity contribution >= 4 is 11.0 Å². The largest absolute Gasteiger partial charge is 0.489 e. The van der Waals surface area contributed by atoms with E-state index in [0.717, 1.165) is 24.6 Å². The number of aromatic nitrogens is 1. The Labute approximate surface area is 185 Å². The Hall–Kier alpha value is -2.08. The Kier molecular flexibility index (Phi) is 6.94. The zero-order valence-corrected chi connectivity index (χ0v) is 18.4. The van der Waals surface area contributed by atoms with Gasteiger partial charge in [-0.2, -0.15) is 13.2 Å². The second-order valence-electron chi connectivity index (χ2n) is 7.93. The fourth-order valence-electron chi connectivity index (χ4n) is 3.43. The van der Waals surface area contributed by atoms with Gasteiger partial charge in [-0.1, -0.05) is 13.3 Å². The van der Waals surface area contributed by atoms with E-state index in [1.54, 1.807) is 6.92 Å². The van der Waals surface area contributed by atoms with Crippen LogP contribution in [-0.4, -0.2) is 39.4 Å². The summed E-state index contributed by atoms with van der Waals surface area (Å²) in [7, 11) is -1.47. The van der Waals surface area contributed by atoms with Gasteiger partial charge in [0.1, 0.15) is 18.1 Å². The van der Waals surface area contributed by atoms with Crippen molar-refractivity contribution in [2.45, 2.75) is 44.0 Å². The van der Waals surface area contributed by atoms with E-state index in [2.05, 4.69) is 9.71 Å². The van der Waals surface area contributed by atoms with Crippen LogP contribution in [0, 0.1) is 5.82 Å². The van der Waals surface area contributed by atoms with Gasteiger partial charge in [0, 0.05) is 23.4 Å². The zero-order chi connectivity index (χ0) is 23.7. The van der Waals surface area contributed by atoms with Gasteiger partial charge in [-0.15, -0.1) is 0 Å². The predicted molar refractivity (Wildman–Crippen MR) is 113 cm³/mol. The molecule has 6 nitrogen and oxygen atoms in total. The molecule has 4 N–H and O–H groups in total. The molecule has 0 saturated heterocycles. The van der Waals surface area contributed by atoms with Gasteiger partial charge >= 0.3 is 6.18 Å². The second-order valence-corrected chi connectivity index (χ2v) is 9.23. The molecule has 0 bridgehead atoms. The van der Waals surface area contributed by atoms with Crippen molar-refractivity contribution in [1.29, 1.82) is 0 Å². The summed E-state index contributed by atoms with van der Waals surface area (Å²) in [6.07, 6.45) is -3.57. The normalized spacial score (nSPS) is 21.0. The van der Waals surface area contributed by atoms with Crippen molar-refractivity contribution in [3.63, 3.8) is 0 Å². The highest BCUT2D eigenvalue weighted by molar-refractivity contribution is 7.83. The number of rotatable bonds is 8. The lowest BCUT2D eigenvalue weighted by Crippen LogP contribution is -2.49. The minimum absolute atomic E-state index is 0.00140. The topological polar surface area (TPSA) is 97.5 Å². The van der Waals surface area contributed by atoms with Crippen molar-refractivity contribution in [2.75, 3.05) is 18.9 Å². The van der Waals surface area contributed by atoms with Crippen LogP contribution in [0.3, 0.4) is 0 Å². The quantitative estimate of drug-likeness (QED) is 0.510. The third-order valence-corrected chi connectivity index (χ3v) is 6.74. The molecule has 0 radical (unpaired) electrons. The molecule has 1 aliphatic heterocycles. The number of alkyl halides is 3. The number of hydrogen-bond donors (Lipinski definition) is 3. The van der Waals surface area contributed by atoms with Crippen LogP contribution >= 0.6 is 0 Å². The Morgan fingerprint density at radius 2 is 1.97 bits per heavy atom. The summed E-state index contributed by atoms with van der Waals surface area (Å²) in [6, 6.07) is 6.06. The maximum atomic E-state index is 13.8. The van der Waals surface area contributed by atoms with Crippen LogP contribution in [0.1, 0.15) is 37.9 Å². The minimum atomic E-state index is -5.10. The lowest BCUT2D eigenvalue weighted by atomic mass is 9.89. The maximum Gasteiger partial charge on any atom is 0.424 e. The standard InChI is InChI=1S/C21H25F4N3O3S/c1-3-4-9-32(30)28-19(2)12-31-18-15(19)10-16(20(29,11-26)21(23,24)25)27-17(18)13-5-7-14(22)8-6-13/h5-8,10,28-29H,3-4,9,11-12,26H2,1-2H3/t19-,20-,32?/m1/s1. The summed E-state index contributed by atoms with van der Waals surface area (Å²) < 4.78 is 75.9. The van der Waals surface area contributed by atoms with Crippen molar-refractivity contribution in [2.24, 2.45) is 5.73 Å². The highest BCUT2D eigenvalue weighted by atomic mass is 32.2. The first-order valence-corrected chi connectivity index (χ1v) is 11.4. The SMILES string of the molecule is CCCCS(=O)N[C@]1(C)COc2c1cc([C@](O)(CN)C(F)(F)F)nc2-c1ccc(F)cc1. The smallest absolute Gasteiger partial charge is 0.424 e. The van der Waals surface area contributed by atoms with Gasteiger partial charge in [0.25, 0.3) is 0 Å². The second kappa shape index (κ2) is 9.05. The third kappa shape index (κ3) is 4.52. The molecule has 0 fully saturated rings. The predicted octanol–water partition coefficient (Wildman–Crippen LogP) is 3.26. The number of hydrogen-bond acceptors (Lipinski definition) is 5. The molecule has 1 unspecified atom stereocenters. The highest BCUT2D eigenvalue weighted by Crippen LogP contribution is 2.46. The monoisotopic (exact) mass is 475 g/mol. The minimum Gasteiger partial charge on any atom is -0.489 e. The van der Waals surface area contributed by atoms with Crippen molar-refractivity contribution in [1.82, 2.24) is 9.71 Å². The number of pyridine rings is 1. The Balaban J connectivity index is 2.19. The molecular weight excluding hydrogens is 450 g/mol. The average molecular weight is 476 g/mol. The van der Waals surface area contributed by atoms with Crippen molar-refractivity contribution < 1.29 is 31.6 Å². The molecule has 3 rings (SSSR count). The maximum absolute atomic E-state index is 13.8. The van der Waals surface area contributed by atoms with Crippen LogP contribution in [0.15, 0.2) is 30.3 Å². The summed E-state index contributed by atoms with van der Waals surface area (Å²) in [5.74, 6) is -0.00196. The molecule has 0 amide bonds. The molecule has 0 saturated carbocycles.